The summed E-state index contributed by atoms with van der Waals surface area (Å²) in [7, 11) is 1.14. The summed E-state index contributed by atoms with van der Waals surface area (Å²) in [6, 6.07) is -1.12. The van der Waals surface area contributed by atoms with Gasteiger partial charge in [-0.05, 0) is 95.8 Å². The van der Waals surface area contributed by atoms with E-state index in [4.69, 9.17) is 52.1 Å². The number of nitrogens with zero attached hydrogens (tertiary/aromatic N) is 1. The Morgan fingerprint density at radius 2 is 1.45 bits per heavy atom. The number of esters is 2. The Bertz CT molecular complexity index is 2720. The number of aliphatic hydroxyl groups excluding tert-OH is 4. The third-order valence-corrected chi connectivity index (χ3v) is 19.8. The first-order valence-electron chi connectivity index (χ1n) is 29.9. The summed E-state index contributed by atoms with van der Waals surface area (Å²) in [6.07, 6.45) is -4.65. The highest BCUT2D eigenvalue weighted by Gasteiger charge is 2.65. The van der Waals surface area contributed by atoms with Crippen molar-refractivity contribution in [3.63, 3.8) is 0 Å². The predicted octanol–water partition coefficient (Wildman–Crippen LogP) is 5.45. The molecular weight excluding hydrogens is 1110 g/mol. The van der Waals surface area contributed by atoms with Crippen molar-refractivity contribution < 1.29 is 101 Å². The number of ether oxygens (including phenoxy) is 11. The number of alkyl carbamates (subject to hydrolysis) is 1. The Balaban J connectivity index is 1.04. The van der Waals surface area contributed by atoms with E-state index in [-0.39, 0.29) is 49.5 Å². The maximum atomic E-state index is 16.1. The Kier molecular flexibility index (Phi) is 19.2. The van der Waals surface area contributed by atoms with Crippen molar-refractivity contribution >= 4 is 30.1 Å². The van der Waals surface area contributed by atoms with Gasteiger partial charge in [0.05, 0.1) is 74.4 Å². The molecular formula is C61H86N2O22. The quantitative estimate of drug-likeness (QED) is 0.0308. The maximum absolute atomic E-state index is 16.1. The van der Waals surface area contributed by atoms with Gasteiger partial charge in [-0.25, -0.2) is 9.59 Å². The zero-order valence-electron chi connectivity index (χ0n) is 50.5. The van der Waals surface area contributed by atoms with Gasteiger partial charge in [0.2, 0.25) is 5.54 Å². The maximum Gasteiger partial charge on any atom is 0.407 e. The molecule has 0 aromatic rings. The first kappa shape index (κ1) is 64.5. The fraction of sp³-hybridized carbons (Fsp3) is 0.754. The van der Waals surface area contributed by atoms with Crippen LogP contribution in [0.25, 0.3) is 0 Å². The van der Waals surface area contributed by atoms with Crippen molar-refractivity contribution in [1.29, 1.82) is 0 Å². The number of hydrogen-bond acceptors (Lipinski definition) is 22. The minimum atomic E-state index is -2.13. The van der Waals surface area contributed by atoms with Gasteiger partial charge in [-0.15, -0.1) is 0 Å². The fourth-order valence-electron chi connectivity index (χ4n) is 15.5. The molecule has 1 saturated carbocycles. The lowest BCUT2D eigenvalue weighted by Gasteiger charge is -2.56. The van der Waals surface area contributed by atoms with Crippen molar-refractivity contribution in [3.8, 4) is 0 Å². The third-order valence-electron chi connectivity index (χ3n) is 19.8. The van der Waals surface area contributed by atoms with E-state index in [0.29, 0.717) is 36.7 Å². The van der Waals surface area contributed by atoms with Crippen LogP contribution < -0.4 is 5.32 Å². The molecule has 1 amide bonds. The SMILES string of the molecule is COC(=O)N[C@H]1[C@H](C)O[C@@H](O[C@@H]2C/C=C(\C)[C@H]3C=CC4[C@@H](O[C@H]5C[C@H](O[C@H]6C[C@H](O)[C@@H](O[C@H]7CC[C@@H](O)[C@H](C)O7)[C@H](C)O6)[C@@H](OC(C)=O)[C@H](C)O5)[C@H](C)C[C@H](C)[C@H]4[C@@]3(C)C(=O)C3=C(O)C4(CC(C=O)=C[C@H](O)[C@H]4/C=C/2C)OC3=O)CC1(C)[N+](=O)[O-]. The summed E-state index contributed by atoms with van der Waals surface area (Å²) in [6.45, 7) is 18.9. The van der Waals surface area contributed by atoms with Gasteiger partial charge in [-0.3, -0.25) is 24.5 Å². The van der Waals surface area contributed by atoms with Gasteiger partial charge >= 0.3 is 18.0 Å². The Morgan fingerprint density at radius 1 is 0.788 bits per heavy atom. The number of rotatable bonds is 12. The minimum Gasteiger partial charge on any atom is -0.507 e. The van der Waals surface area contributed by atoms with E-state index >= 15 is 4.79 Å². The van der Waals surface area contributed by atoms with Crippen LogP contribution in [0.2, 0.25) is 0 Å². The summed E-state index contributed by atoms with van der Waals surface area (Å²) in [4.78, 5) is 80.7. The zero-order valence-corrected chi connectivity index (χ0v) is 50.5. The number of nitro groups is 1. The van der Waals surface area contributed by atoms with Gasteiger partial charge < -0.3 is 77.8 Å². The molecule has 5 aliphatic heterocycles. The van der Waals surface area contributed by atoms with Crippen LogP contribution in [0.15, 0.2) is 58.4 Å². The fourth-order valence-corrected chi connectivity index (χ4v) is 15.5. The summed E-state index contributed by atoms with van der Waals surface area (Å²) < 4.78 is 68.3. The summed E-state index contributed by atoms with van der Waals surface area (Å²) in [5, 5.41) is 61.6. The van der Waals surface area contributed by atoms with Gasteiger partial charge in [0.1, 0.15) is 30.1 Å². The molecule has 4 saturated heterocycles. The van der Waals surface area contributed by atoms with E-state index in [1.165, 1.54) is 19.9 Å². The number of aliphatic hydroxyl groups is 4. The minimum absolute atomic E-state index is 0.00797. The van der Waals surface area contributed by atoms with Crippen molar-refractivity contribution in [3.05, 3.63) is 68.5 Å². The molecule has 472 valence electrons. The normalized spacial score (nSPS) is 47.0. The van der Waals surface area contributed by atoms with Crippen molar-refractivity contribution in [1.82, 2.24) is 5.32 Å². The second kappa shape index (κ2) is 25.2. The number of carbonyl (C=O) groups excluding carboxylic acids is 5. The second-order valence-corrected chi connectivity index (χ2v) is 25.7. The number of fused-ring (bicyclic) bond motifs is 3. The van der Waals surface area contributed by atoms with Crippen LogP contribution >= 0.6 is 0 Å². The number of carbonyl (C=O) groups is 5. The van der Waals surface area contributed by atoms with E-state index in [1.807, 2.05) is 39.0 Å². The van der Waals surface area contributed by atoms with Crippen molar-refractivity contribution in [2.24, 2.45) is 40.9 Å². The largest absolute Gasteiger partial charge is 0.507 e. The van der Waals surface area contributed by atoms with Gasteiger partial charge in [0, 0.05) is 61.7 Å². The van der Waals surface area contributed by atoms with E-state index in [2.05, 4.69) is 5.32 Å². The van der Waals surface area contributed by atoms with Crippen molar-refractivity contribution in [2.45, 2.75) is 243 Å². The number of nitrogens with one attached hydrogen (secondary N) is 1. The molecule has 9 aliphatic rings. The van der Waals surface area contributed by atoms with E-state index in [1.54, 1.807) is 47.6 Å². The molecule has 2 bridgehead atoms. The monoisotopic (exact) mass is 1200 g/mol. The molecule has 5 heterocycles. The van der Waals surface area contributed by atoms with Crippen LogP contribution in [-0.2, 0) is 71.3 Å². The first-order chi connectivity index (χ1) is 40.0. The molecule has 0 aromatic heterocycles. The predicted molar refractivity (Wildman–Crippen MR) is 297 cm³/mol. The molecule has 0 radical (unpaired) electrons. The van der Waals surface area contributed by atoms with Gasteiger partial charge in [0.15, 0.2) is 48.4 Å². The number of allylic oxidation sites excluding steroid dienone is 2. The third kappa shape index (κ3) is 12.3. The van der Waals surface area contributed by atoms with Gasteiger partial charge in [-0.1, -0.05) is 50.6 Å². The molecule has 5 fully saturated rings. The van der Waals surface area contributed by atoms with Crippen LogP contribution in [0.3, 0.4) is 0 Å². The Morgan fingerprint density at radius 3 is 2.09 bits per heavy atom. The molecule has 24 heteroatoms. The van der Waals surface area contributed by atoms with E-state index in [9.17, 15) is 49.7 Å². The molecule has 3 unspecified atom stereocenters. The molecule has 0 aromatic carbocycles. The number of methoxy groups -OCH3 is 1. The lowest BCUT2D eigenvalue weighted by Crippen LogP contribution is -2.65. The second-order valence-electron chi connectivity index (χ2n) is 25.7. The first-order valence-corrected chi connectivity index (χ1v) is 29.9. The van der Waals surface area contributed by atoms with E-state index < -0.39 is 185 Å². The molecule has 5 N–H and O–H groups in total. The molecule has 85 heavy (non-hydrogen) atoms. The number of hydrogen-bond donors (Lipinski definition) is 5. The lowest BCUT2D eigenvalue weighted by molar-refractivity contribution is -0.584. The van der Waals surface area contributed by atoms with Gasteiger partial charge in [-0.2, -0.15) is 0 Å². The number of amides is 1. The summed E-state index contributed by atoms with van der Waals surface area (Å²) >= 11 is 0. The Labute approximate surface area is 495 Å². The highest BCUT2D eigenvalue weighted by molar-refractivity contribution is 6.21. The molecule has 9 rings (SSSR count). The van der Waals surface area contributed by atoms with Crippen LogP contribution in [0.5, 0.6) is 0 Å². The van der Waals surface area contributed by atoms with Crippen LogP contribution in [0.4, 0.5) is 4.79 Å². The summed E-state index contributed by atoms with van der Waals surface area (Å²) in [5.74, 6) is -6.62. The van der Waals surface area contributed by atoms with Crippen LogP contribution in [0.1, 0.15) is 128 Å². The highest BCUT2D eigenvalue weighted by atomic mass is 16.7. The molecule has 24 nitrogen and oxygen atoms in total. The average Bonchev–Trinajstić information content (AvgIpc) is 1.71. The van der Waals surface area contributed by atoms with Crippen LogP contribution in [-0.4, -0.2) is 178 Å². The lowest BCUT2D eigenvalue weighted by atomic mass is 9.48. The molecule has 26 atom stereocenters. The van der Waals surface area contributed by atoms with E-state index in [0.717, 1.165) is 7.11 Å². The number of Topliss-reactive ketones (excluding diaryl/α,β-unsaturated/α-hetero) is 1. The van der Waals surface area contributed by atoms with Crippen LogP contribution in [0, 0.1) is 51.0 Å². The topological polar surface area (TPSA) is 323 Å². The highest BCUT2D eigenvalue weighted by Crippen LogP contribution is 2.60. The summed E-state index contributed by atoms with van der Waals surface area (Å²) in [5.41, 5.74) is -4.92. The van der Waals surface area contributed by atoms with Crippen molar-refractivity contribution in [2.75, 3.05) is 7.11 Å². The zero-order chi connectivity index (χ0) is 61.9. The number of ketones is 1. The molecule has 1 spiro atoms. The molecule has 4 aliphatic carbocycles. The number of aldehydes is 1. The van der Waals surface area contributed by atoms with Gasteiger partial charge in [0.25, 0.3) is 0 Å². The Hall–Kier alpha value is -4.99. The smallest absolute Gasteiger partial charge is 0.407 e. The standard InChI is InChI=1S/C61H86N2O22/c1-27-13-17-43(81-48-25-59(10,63(73)74)54(34(8)79-48)62-58(72)75-12)28(2)20-39-41(67)21-36(26-64)24-61(39)56(70)49(57(71)85-61)55(69)60(11)38(27)15-14-37-50(60)29(3)19-30(4)51(37)84-47-23-44(53(33(7)78-47)80-35(9)65)82-46-22-42(68)52(32(6)77-46)83-45-18-16-40(66)31(5)76-45/h13-15,20-21,26,29-34,37-48,50-54,66-68,70H,16-19,22-25H2,1-12H3,(H,62,72)/b27-13+,28-20+/t29-,30+,31-,32-,33-,34-,37?,38+,39+,40+,41-,42-,43+,44-,45-,46-,47-,48-,50+,51-,52-,53-,54-,59?,60-,61?/m0/s1. The average molecular weight is 1200 g/mol.